The third-order valence-corrected chi connectivity index (χ3v) is 5.40. The lowest BCUT2D eigenvalue weighted by atomic mass is 9.97. The monoisotopic (exact) mass is 295 g/mol. The number of alkyl halides is 1. The molecule has 2 fully saturated rings. The first-order chi connectivity index (χ1) is 6.69. The van der Waals surface area contributed by atoms with Crippen LogP contribution in [0.4, 0.5) is 0 Å². The van der Waals surface area contributed by atoms with Gasteiger partial charge in [0.1, 0.15) is 11.4 Å². The van der Waals surface area contributed by atoms with Gasteiger partial charge in [0.2, 0.25) is 4.51 Å². The van der Waals surface area contributed by atoms with Crippen LogP contribution in [0.15, 0.2) is 0 Å². The van der Waals surface area contributed by atoms with Crippen LogP contribution in [0.5, 0.6) is 0 Å². The molecule has 0 saturated carbocycles. The Balaban J connectivity index is 2.37. The molecule has 0 bridgehead atoms. The van der Waals surface area contributed by atoms with E-state index in [9.17, 15) is 14.7 Å². The number of halogens is 1. The van der Waals surface area contributed by atoms with Gasteiger partial charge in [-0.3, -0.25) is 4.79 Å². The maximum absolute atomic E-state index is 11.5. The summed E-state index contributed by atoms with van der Waals surface area (Å²) >= 11 is 4.21. The van der Waals surface area contributed by atoms with E-state index in [1.807, 2.05) is 0 Å². The van der Waals surface area contributed by atoms with Crippen LogP contribution in [0, 0.1) is 0 Å². The van der Waals surface area contributed by atoms with Crippen LogP contribution in [0.25, 0.3) is 0 Å². The number of amides is 1. The summed E-state index contributed by atoms with van der Waals surface area (Å²) in [7, 11) is 0. The third kappa shape index (κ3) is 1.26. The van der Waals surface area contributed by atoms with Gasteiger partial charge >= 0.3 is 5.97 Å². The highest BCUT2D eigenvalue weighted by Gasteiger charge is 2.70. The first-order valence-corrected chi connectivity index (χ1v) is 6.01. The summed E-state index contributed by atoms with van der Waals surface area (Å²) in [6.07, 6.45) is 0. The van der Waals surface area contributed by atoms with Crippen LogP contribution >= 0.6 is 27.7 Å². The first-order valence-electron chi connectivity index (χ1n) is 4.34. The van der Waals surface area contributed by atoms with E-state index in [1.165, 1.54) is 16.7 Å². The predicted octanol–water partition coefficient (Wildman–Crippen LogP) is 0.217. The van der Waals surface area contributed by atoms with Crippen LogP contribution in [-0.2, 0) is 9.59 Å². The van der Waals surface area contributed by atoms with Crippen molar-refractivity contribution in [3.05, 3.63) is 0 Å². The Morgan fingerprint density at radius 2 is 2.13 bits per heavy atom. The molecule has 0 radical (unpaired) electrons. The van der Waals surface area contributed by atoms with E-state index in [2.05, 4.69) is 15.9 Å². The predicted molar refractivity (Wildman–Crippen MR) is 57.6 cm³/mol. The molecular weight excluding hydrogens is 286 g/mol. The van der Waals surface area contributed by atoms with Crippen LogP contribution in [0.3, 0.4) is 0 Å². The highest BCUT2D eigenvalue weighted by molar-refractivity contribution is 9.10. The zero-order valence-corrected chi connectivity index (χ0v) is 10.5. The van der Waals surface area contributed by atoms with Gasteiger partial charge in [0.15, 0.2) is 0 Å². The van der Waals surface area contributed by atoms with E-state index in [0.717, 1.165) is 0 Å². The fraction of sp³-hybridized carbons (Fsp3) is 0.750. The number of carbonyl (C=O) groups is 2. The number of hydrogen-bond donors (Lipinski definition) is 2. The van der Waals surface area contributed by atoms with Gasteiger partial charge in [-0.25, -0.2) is 4.79 Å². The number of fused-ring (bicyclic) bond motifs is 1. The lowest BCUT2D eigenvalue weighted by molar-refractivity contribution is -0.173. The van der Waals surface area contributed by atoms with Crippen molar-refractivity contribution in [3.8, 4) is 0 Å². The van der Waals surface area contributed by atoms with Crippen molar-refractivity contribution in [2.75, 3.05) is 0 Å². The average molecular weight is 296 g/mol. The number of rotatable bonds is 1. The van der Waals surface area contributed by atoms with E-state index in [4.69, 9.17) is 5.11 Å². The average Bonchev–Trinajstić information content (AvgIpc) is 2.35. The smallest absolute Gasteiger partial charge is 0.327 e. The summed E-state index contributed by atoms with van der Waals surface area (Å²) in [4.78, 5) is 23.8. The molecule has 5 nitrogen and oxygen atoms in total. The van der Waals surface area contributed by atoms with E-state index in [-0.39, 0.29) is 0 Å². The summed E-state index contributed by atoms with van der Waals surface area (Å²) in [5.41, 5.74) is 0. The minimum absolute atomic E-state index is 0.513. The van der Waals surface area contributed by atoms with Gasteiger partial charge in [0.25, 0.3) is 5.91 Å². The second-order valence-corrected chi connectivity index (χ2v) is 7.14. The molecule has 3 atom stereocenters. The third-order valence-electron chi connectivity index (χ3n) is 2.70. The lowest BCUT2D eigenvalue weighted by Gasteiger charge is -2.46. The molecule has 0 aromatic carbocycles. The number of aliphatic carboxylic acids is 1. The van der Waals surface area contributed by atoms with Crippen molar-refractivity contribution in [1.82, 2.24) is 4.90 Å². The Labute approximate surface area is 98.9 Å². The van der Waals surface area contributed by atoms with E-state index in [1.54, 1.807) is 13.8 Å². The fourth-order valence-electron chi connectivity index (χ4n) is 2.00. The molecule has 0 aromatic heterocycles. The topological polar surface area (TPSA) is 77.8 Å². The van der Waals surface area contributed by atoms with Gasteiger partial charge in [0, 0.05) is 4.75 Å². The Morgan fingerprint density at radius 1 is 1.60 bits per heavy atom. The second kappa shape index (κ2) is 2.89. The summed E-state index contributed by atoms with van der Waals surface area (Å²) in [6.45, 7) is 3.51. The summed E-state index contributed by atoms with van der Waals surface area (Å²) < 4.78 is -2.19. The summed E-state index contributed by atoms with van der Waals surface area (Å²) in [5, 5.41) is 18.2. The Kier molecular flexibility index (Phi) is 2.16. The van der Waals surface area contributed by atoms with Crippen molar-refractivity contribution in [3.63, 3.8) is 0 Å². The molecule has 2 rings (SSSR count). The van der Waals surface area contributed by atoms with Crippen LogP contribution in [-0.4, -0.2) is 47.7 Å². The molecular formula is C8H10BrNO4S. The molecule has 1 amide bonds. The van der Waals surface area contributed by atoms with Gasteiger partial charge in [-0.2, -0.15) is 0 Å². The minimum atomic E-state index is -1.60. The van der Waals surface area contributed by atoms with Crippen LogP contribution < -0.4 is 0 Å². The normalized spacial score (nSPS) is 42.4. The molecule has 0 unspecified atom stereocenters. The number of aliphatic hydroxyl groups is 1. The fourth-order valence-corrected chi connectivity index (χ4v) is 4.21. The number of β-lactam (4-membered cyclic amide) rings is 1. The molecule has 2 heterocycles. The van der Waals surface area contributed by atoms with E-state index < -0.39 is 32.5 Å². The van der Waals surface area contributed by atoms with Crippen LogP contribution in [0.1, 0.15) is 13.8 Å². The Morgan fingerprint density at radius 3 is 2.60 bits per heavy atom. The Hall–Kier alpha value is -0.270. The maximum atomic E-state index is 11.5. The highest BCUT2D eigenvalue weighted by Crippen LogP contribution is 2.56. The molecule has 84 valence electrons. The number of nitrogens with zero attached hydrogens (tertiary/aromatic N) is 1. The quantitative estimate of drug-likeness (QED) is 0.534. The minimum Gasteiger partial charge on any atom is -0.480 e. The zero-order chi connectivity index (χ0) is 11.6. The van der Waals surface area contributed by atoms with Crippen molar-refractivity contribution in [2.24, 2.45) is 0 Å². The van der Waals surface area contributed by atoms with Gasteiger partial charge in [-0.1, -0.05) is 0 Å². The molecule has 2 aliphatic rings. The standard InChI is InChI=1S/C8H10BrNO4S/c1-7(2)3(4(11)12)10-5(13)8(9,14)6(10)15-7/h3,6,14H,1-2H3,(H,11,12)/t3-,6+,8+/m0/s1. The van der Waals surface area contributed by atoms with Crippen molar-refractivity contribution in [2.45, 2.75) is 34.5 Å². The molecule has 7 heteroatoms. The molecule has 2 N–H and O–H groups in total. The molecule has 2 saturated heterocycles. The number of carboxylic acid groups (broad SMARTS) is 1. The summed E-state index contributed by atoms with van der Waals surface area (Å²) in [6, 6.07) is -0.877. The van der Waals surface area contributed by atoms with Gasteiger partial charge in [-0.05, 0) is 29.8 Å². The SMILES string of the molecule is CC1(C)S[C@H]2N(C(=O)[C@]2(O)Br)[C@H]1C(=O)O. The lowest BCUT2D eigenvalue weighted by Crippen LogP contribution is -2.70. The largest absolute Gasteiger partial charge is 0.480 e. The molecule has 2 aliphatic heterocycles. The number of hydrogen-bond acceptors (Lipinski definition) is 4. The Bertz CT molecular complexity index is 357. The molecule has 15 heavy (non-hydrogen) atoms. The van der Waals surface area contributed by atoms with Crippen molar-refractivity contribution < 1.29 is 19.8 Å². The van der Waals surface area contributed by atoms with Gasteiger partial charge in [0.05, 0.1) is 0 Å². The maximum Gasteiger partial charge on any atom is 0.327 e. The highest BCUT2D eigenvalue weighted by atomic mass is 79.9. The molecule has 0 spiro atoms. The zero-order valence-electron chi connectivity index (χ0n) is 8.10. The number of carbonyl (C=O) groups excluding carboxylic acids is 1. The second-order valence-electron chi connectivity index (χ2n) is 4.20. The van der Waals surface area contributed by atoms with Crippen molar-refractivity contribution in [1.29, 1.82) is 0 Å². The number of carboxylic acids is 1. The van der Waals surface area contributed by atoms with E-state index >= 15 is 0 Å². The van der Waals surface area contributed by atoms with E-state index in [0.29, 0.717) is 0 Å². The van der Waals surface area contributed by atoms with Gasteiger partial charge < -0.3 is 15.1 Å². The number of thioether (sulfide) groups is 1. The summed E-state index contributed by atoms with van der Waals surface area (Å²) in [5.74, 6) is -1.61. The van der Waals surface area contributed by atoms with Crippen molar-refractivity contribution >= 4 is 39.6 Å². The van der Waals surface area contributed by atoms with Gasteiger partial charge in [-0.15, -0.1) is 11.8 Å². The first kappa shape index (κ1) is 11.2. The van der Waals surface area contributed by atoms with Crippen LogP contribution in [0.2, 0.25) is 0 Å². The molecule has 0 aliphatic carbocycles. The molecule has 0 aromatic rings.